The van der Waals surface area contributed by atoms with Gasteiger partial charge in [-0.2, -0.15) is 0 Å². The van der Waals surface area contributed by atoms with Crippen LogP contribution in [0.15, 0.2) is 23.8 Å². The zero-order valence-corrected chi connectivity index (χ0v) is 20.9. The van der Waals surface area contributed by atoms with Crippen molar-refractivity contribution in [3.8, 4) is 0 Å². The van der Waals surface area contributed by atoms with E-state index in [1.54, 1.807) is 5.57 Å². The van der Waals surface area contributed by atoms with Crippen LogP contribution in [0.4, 0.5) is 0 Å². The van der Waals surface area contributed by atoms with Gasteiger partial charge >= 0.3 is 0 Å². The molecule has 0 aromatic rings. The molecule has 1 saturated heterocycles. The van der Waals surface area contributed by atoms with E-state index < -0.39 is 0 Å². The number of hydrogen-bond donors (Lipinski definition) is 1. The van der Waals surface area contributed by atoms with E-state index in [2.05, 4.69) is 59.8 Å². The zero-order chi connectivity index (χ0) is 22.2. The lowest BCUT2D eigenvalue weighted by atomic mass is 9.47. The average Bonchev–Trinajstić information content (AvgIpc) is 3.25. The Kier molecular flexibility index (Phi) is 5.34. The van der Waals surface area contributed by atoms with E-state index in [4.69, 9.17) is 4.74 Å². The van der Waals surface area contributed by atoms with E-state index >= 15 is 0 Å². The number of ether oxygens (including phenoxy) is 1. The molecule has 2 nitrogen and oxygen atoms in total. The SMILES string of the molecule is CC(C)[C@]1(/C=C/[C@@H](C)C2CC[C@H]3[C@@H]4CC=C5C[C@@H](O)CC[C@]5(C)[C@H]4CC[C@]23C)OC1C. The fourth-order valence-electron chi connectivity index (χ4n) is 9.23. The number of fused-ring (bicyclic) bond motifs is 5. The standard InChI is InChI=1S/C29H46O2/c1-18(2)29(20(4)31-29)16-11-19(3)24-9-10-25-23-8-7-21-17-22(30)12-14-27(21,5)26(23)13-15-28(24,25)6/h7,11,16,18-20,22-26,30H,8-10,12-15,17H2,1-6H3/b16-11+/t19-,20?,22+,23+,24?,25+,26+,27+,28-,29+/m1/s1. The van der Waals surface area contributed by atoms with Gasteiger partial charge in [0.2, 0.25) is 0 Å². The largest absolute Gasteiger partial charge is 0.393 e. The van der Waals surface area contributed by atoms with Gasteiger partial charge in [0.15, 0.2) is 0 Å². The van der Waals surface area contributed by atoms with E-state index in [1.165, 1.54) is 38.5 Å². The molecule has 1 heterocycles. The minimum absolute atomic E-state index is 0.00443. The Morgan fingerprint density at radius 1 is 1.06 bits per heavy atom. The highest BCUT2D eigenvalue weighted by Crippen LogP contribution is 2.67. The molecule has 5 rings (SSSR count). The van der Waals surface area contributed by atoms with E-state index in [0.29, 0.717) is 28.8 Å². The van der Waals surface area contributed by atoms with Gasteiger partial charge in [0.05, 0.1) is 12.2 Å². The number of hydrogen-bond acceptors (Lipinski definition) is 2. The Bertz CT molecular complexity index is 767. The van der Waals surface area contributed by atoms with Gasteiger partial charge in [0.1, 0.15) is 5.60 Å². The molecular weight excluding hydrogens is 380 g/mol. The van der Waals surface area contributed by atoms with E-state index in [9.17, 15) is 5.11 Å². The third-order valence-corrected chi connectivity index (χ3v) is 11.3. The monoisotopic (exact) mass is 426 g/mol. The lowest BCUT2D eigenvalue weighted by Crippen LogP contribution is -2.50. The number of allylic oxidation sites excluding steroid dienone is 2. The Morgan fingerprint density at radius 3 is 2.48 bits per heavy atom. The highest BCUT2D eigenvalue weighted by molar-refractivity contribution is 5.26. The summed E-state index contributed by atoms with van der Waals surface area (Å²) in [4.78, 5) is 0. The maximum absolute atomic E-state index is 10.3. The van der Waals surface area contributed by atoms with Crippen LogP contribution in [0.3, 0.4) is 0 Å². The quantitative estimate of drug-likeness (QED) is 0.390. The first kappa shape index (κ1) is 22.2. The molecule has 174 valence electrons. The van der Waals surface area contributed by atoms with Crippen molar-refractivity contribution < 1.29 is 9.84 Å². The second-order valence-electron chi connectivity index (χ2n) is 12.9. The smallest absolute Gasteiger partial charge is 0.115 e. The third-order valence-electron chi connectivity index (χ3n) is 11.3. The molecule has 2 unspecified atom stereocenters. The molecule has 0 bridgehead atoms. The molecule has 0 spiro atoms. The maximum atomic E-state index is 10.3. The van der Waals surface area contributed by atoms with Crippen LogP contribution >= 0.6 is 0 Å². The van der Waals surface area contributed by atoms with Gasteiger partial charge in [-0.1, -0.05) is 58.4 Å². The van der Waals surface area contributed by atoms with Crippen LogP contribution in [0.2, 0.25) is 0 Å². The number of rotatable bonds is 4. The summed E-state index contributed by atoms with van der Waals surface area (Å²) in [7, 11) is 0. The topological polar surface area (TPSA) is 32.8 Å². The summed E-state index contributed by atoms with van der Waals surface area (Å²) in [6, 6.07) is 0. The lowest BCUT2D eigenvalue weighted by molar-refractivity contribution is -0.0540. The molecule has 1 N–H and O–H groups in total. The summed E-state index contributed by atoms with van der Waals surface area (Å²) in [6.07, 6.45) is 17.8. The summed E-state index contributed by atoms with van der Waals surface area (Å²) in [5.74, 6) is 4.56. The molecular formula is C29H46O2. The van der Waals surface area contributed by atoms with Crippen LogP contribution < -0.4 is 0 Å². The number of epoxide rings is 1. The van der Waals surface area contributed by atoms with Gasteiger partial charge in [0, 0.05) is 0 Å². The fraction of sp³-hybridized carbons (Fsp3) is 0.862. The second-order valence-corrected chi connectivity index (χ2v) is 12.9. The molecule has 0 amide bonds. The summed E-state index contributed by atoms with van der Waals surface area (Å²) in [5.41, 5.74) is 2.44. The Labute approximate surface area is 190 Å². The Hall–Kier alpha value is -0.600. The van der Waals surface area contributed by atoms with Crippen molar-refractivity contribution in [2.75, 3.05) is 0 Å². The summed E-state index contributed by atoms with van der Waals surface area (Å²) < 4.78 is 6.04. The van der Waals surface area contributed by atoms with Crippen LogP contribution in [0.25, 0.3) is 0 Å². The van der Waals surface area contributed by atoms with E-state index in [0.717, 1.165) is 36.5 Å². The van der Waals surface area contributed by atoms with Crippen molar-refractivity contribution in [2.24, 2.45) is 46.3 Å². The lowest BCUT2D eigenvalue weighted by Gasteiger charge is -2.58. The summed E-state index contributed by atoms with van der Waals surface area (Å²) in [5, 5.41) is 10.3. The van der Waals surface area contributed by atoms with Gasteiger partial charge in [-0.3, -0.25) is 0 Å². The van der Waals surface area contributed by atoms with Gasteiger partial charge in [-0.25, -0.2) is 0 Å². The first-order valence-electron chi connectivity index (χ1n) is 13.4. The Morgan fingerprint density at radius 2 is 1.81 bits per heavy atom. The van der Waals surface area contributed by atoms with Gasteiger partial charge in [-0.05, 0) is 105 Å². The van der Waals surface area contributed by atoms with Crippen LogP contribution in [-0.2, 0) is 4.74 Å². The molecule has 2 heteroatoms. The Balaban J connectivity index is 1.35. The molecule has 4 aliphatic carbocycles. The first-order valence-corrected chi connectivity index (χ1v) is 13.4. The van der Waals surface area contributed by atoms with Crippen LogP contribution in [0.1, 0.15) is 92.9 Å². The molecule has 5 aliphatic rings. The van der Waals surface area contributed by atoms with Crippen LogP contribution in [-0.4, -0.2) is 22.9 Å². The maximum Gasteiger partial charge on any atom is 0.115 e. The van der Waals surface area contributed by atoms with E-state index in [-0.39, 0.29) is 11.7 Å². The summed E-state index contributed by atoms with van der Waals surface area (Å²) >= 11 is 0. The zero-order valence-electron chi connectivity index (χ0n) is 20.9. The highest BCUT2D eigenvalue weighted by Gasteiger charge is 2.59. The fourth-order valence-corrected chi connectivity index (χ4v) is 9.23. The van der Waals surface area contributed by atoms with Gasteiger partial charge in [0.25, 0.3) is 0 Å². The second kappa shape index (κ2) is 7.45. The van der Waals surface area contributed by atoms with Crippen LogP contribution in [0, 0.1) is 46.3 Å². The molecule has 4 fully saturated rings. The van der Waals surface area contributed by atoms with Gasteiger partial charge in [-0.15, -0.1) is 0 Å². The molecule has 0 aromatic carbocycles. The third kappa shape index (κ3) is 3.25. The van der Waals surface area contributed by atoms with Gasteiger partial charge < -0.3 is 9.84 Å². The first-order chi connectivity index (χ1) is 14.6. The predicted molar refractivity (Wildman–Crippen MR) is 128 cm³/mol. The average molecular weight is 427 g/mol. The van der Waals surface area contributed by atoms with Crippen molar-refractivity contribution in [1.29, 1.82) is 0 Å². The van der Waals surface area contributed by atoms with Crippen molar-refractivity contribution in [3.05, 3.63) is 23.8 Å². The van der Waals surface area contributed by atoms with Crippen molar-refractivity contribution in [2.45, 2.75) is 111 Å². The molecule has 0 radical (unpaired) electrons. The molecule has 3 saturated carbocycles. The normalized spacial score (nSPS) is 52.5. The van der Waals surface area contributed by atoms with E-state index in [1.807, 2.05) is 0 Å². The minimum atomic E-state index is -0.0967. The van der Waals surface area contributed by atoms with Crippen molar-refractivity contribution in [3.63, 3.8) is 0 Å². The summed E-state index contributed by atoms with van der Waals surface area (Å²) in [6.45, 7) is 14.5. The van der Waals surface area contributed by atoms with Crippen molar-refractivity contribution in [1.82, 2.24) is 0 Å². The van der Waals surface area contributed by atoms with Crippen LogP contribution in [0.5, 0.6) is 0 Å². The highest BCUT2D eigenvalue weighted by atomic mass is 16.6. The molecule has 0 aromatic heterocycles. The number of aliphatic hydroxyl groups is 1. The number of aliphatic hydroxyl groups excluding tert-OH is 1. The molecule has 31 heavy (non-hydrogen) atoms. The van der Waals surface area contributed by atoms with Crippen molar-refractivity contribution >= 4 is 0 Å². The molecule has 10 atom stereocenters. The minimum Gasteiger partial charge on any atom is -0.393 e. The molecule has 1 aliphatic heterocycles. The predicted octanol–water partition coefficient (Wildman–Crippen LogP) is 6.93.